The average Bonchev–Trinajstić information content (AvgIpc) is 3.40. The zero-order valence-electron chi connectivity index (χ0n) is 21.5. The molecule has 5 rings (SSSR count). The lowest BCUT2D eigenvalue weighted by Crippen LogP contribution is -2.29. The Bertz CT molecular complexity index is 1740. The van der Waals surface area contributed by atoms with E-state index >= 15 is 0 Å². The largest absolute Gasteiger partial charge is 0.487 e. The van der Waals surface area contributed by atoms with E-state index in [0.717, 1.165) is 17.7 Å². The van der Waals surface area contributed by atoms with Gasteiger partial charge in [-0.2, -0.15) is 13.2 Å². The van der Waals surface area contributed by atoms with E-state index < -0.39 is 35.4 Å². The van der Waals surface area contributed by atoms with Gasteiger partial charge in [-0.3, -0.25) is 4.79 Å². The lowest BCUT2D eigenvalue weighted by atomic mass is 9.87. The van der Waals surface area contributed by atoms with E-state index in [-0.39, 0.29) is 56.8 Å². The highest BCUT2D eigenvalue weighted by Crippen LogP contribution is 2.45. The number of carbonyl (C=O) groups excluding carboxylic acids is 1. The summed E-state index contributed by atoms with van der Waals surface area (Å²) < 4.78 is 57.0. The number of hydrogen-bond donors (Lipinski definition) is 0. The van der Waals surface area contributed by atoms with Gasteiger partial charge in [-0.1, -0.05) is 70.8 Å². The molecule has 0 fully saturated rings. The predicted molar refractivity (Wildman–Crippen MR) is 153 cm³/mol. The van der Waals surface area contributed by atoms with Crippen LogP contribution in [0.4, 0.5) is 13.2 Å². The molecule has 3 aromatic carbocycles. The Morgan fingerprint density at radius 3 is 2.40 bits per heavy atom. The van der Waals surface area contributed by atoms with Crippen molar-refractivity contribution in [1.82, 2.24) is 0 Å². The van der Waals surface area contributed by atoms with Crippen molar-refractivity contribution in [2.75, 3.05) is 6.61 Å². The van der Waals surface area contributed by atoms with Crippen molar-refractivity contribution in [3.63, 3.8) is 0 Å². The van der Waals surface area contributed by atoms with Gasteiger partial charge in [-0.05, 0) is 52.2 Å². The van der Waals surface area contributed by atoms with Crippen molar-refractivity contribution >= 4 is 61.8 Å². The maximum absolute atomic E-state index is 13.4. The Morgan fingerprint density at radius 1 is 1.07 bits per heavy atom. The molecule has 42 heavy (non-hydrogen) atoms. The fourth-order valence-electron chi connectivity index (χ4n) is 4.49. The Balaban J connectivity index is 1.69. The molecule has 0 spiro atoms. The number of oxime groups is 1. The minimum Gasteiger partial charge on any atom is -0.487 e. The molecule has 7 nitrogen and oxygen atoms in total. The van der Waals surface area contributed by atoms with Gasteiger partial charge in [0.2, 0.25) is 0 Å². The molecule has 0 amide bonds. The standard InChI is InChI=1S/C29H19BrCl2F3NO6/c1-2-39-27(37)20-23(36-42-24(20)15-8-10-16(11-9-15)29(33,34)35)19-25-17(21(31)22(32)28(38)41-25)12-18(30)26(19)40-13-14-6-4-3-5-7-14/h3-12,20,24H,2,13H2,1H3. The molecule has 0 saturated heterocycles. The zero-order valence-corrected chi connectivity index (χ0v) is 24.6. The van der Waals surface area contributed by atoms with Crippen LogP contribution in [0.2, 0.25) is 10.0 Å². The highest BCUT2D eigenvalue weighted by molar-refractivity contribution is 9.10. The summed E-state index contributed by atoms with van der Waals surface area (Å²) in [5.41, 5.74) is -0.870. The Morgan fingerprint density at radius 2 is 1.76 bits per heavy atom. The van der Waals surface area contributed by atoms with Gasteiger partial charge in [0.15, 0.2) is 11.7 Å². The molecule has 1 aromatic heterocycles. The fraction of sp³-hybridized carbons (Fsp3) is 0.207. The van der Waals surface area contributed by atoms with Gasteiger partial charge < -0.3 is 18.7 Å². The van der Waals surface area contributed by atoms with E-state index in [0.29, 0.717) is 4.47 Å². The second kappa shape index (κ2) is 12.0. The first-order chi connectivity index (χ1) is 20.0. The summed E-state index contributed by atoms with van der Waals surface area (Å²) in [5.74, 6) is -1.93. The van der Waals surface area contributed by atoms with E-state index in [1.807, 2.05) is 30.3 Å². The molecule has 4 aromatic rings. The van der Waals surface area contributed by atoms with Crippen LogP contribution in [0, 0.1) is 5.92 Å². The molecular formula is C29H19BrCl2F3NO6. The van der Waals surface area contributed by atoms with E-state index in [1.165, 1.54) is 12.1 Å². The summed E-state index contributed by atoms with van der Waals surface area (Å²) in [5, 5.41) is 3.91. The van der Waals surface area contributed by atoms with Crippen LogP contribution >= 0.6 is 39.1 Å². The third-order valence-electron chi connectivity index (χ3n) is 6.44. The van der Waals surface area contributed by atoms with Crippen LogP contribution in [-0.4, -0.2) is 18.3 Å². The maximum Gasteiger partial charge on any atom is 0.416 e. The van der Waals surface area contributed by atoms with E-state index in [2.05, 4.69) is 21.1 Å². The molecule has 218 valence electrons. The molecule has 0 N–H and O–H groups in total. The second-order valence-corrected chi connectivity index (χ2v) is 10.7. The highest BCUT2D eigenvalue weighted by Gasteiger charge is 2.45. The summed E-state index contributed by atoms with van der Waals surface area (Å²) in [6.45, 7) is 1.67. The number of alkyl halides is 3. The van der Waals surface area contributed by atoms with Gasteiger partial charge in [-0.25, -0.2) is 4.79 Å². The monoisotopic (exact) mass is 683 g/mol. The van der Waals surface area contributed by atoms with Crippen LogP contribution in [0.1, 0.15) is 35.3 Å². The van der Waals surface area contributed by atoms with Crippen LogP contribution in [-0.2, 0) is 27.2 Å². The van der Waals surface area contributed by atoms with Crippen molar-refractivity contribution in [3.05, 3.63) is 108 Å². The Labute approximate surface area is 254 Å². The van der Waals surface area contributed by atoms with Crippen LogP contribution in [0.25, 0.3) is 11.0 Å². The number of hydrogen-bond acceptors (Lipinski definition) is 7. The SMILES string of the molecule is CCOC(=O)C1C(c2c(OCc3ccccc3)c(Br)cc3c(Cl)c(Cl)c(=O)oc23)=NOC1c1ccc(C(F)(F)F)cc1. The number of benzene rings is 3. The van der Waals surface area contributed by atoms with Crippen molar-refractivity contribution < 1.29 is 36.7 Å². The van der Waals surface area contributed by atoms with Gasteiger partial charge in [-0.15, -0.1) is 0 Å². The number of nitrogens with zero attached hydrogens (tertiary/aromatic N) is 1. The number of carbonyl (C=O) groups is 1. The number of ether oxygens (including phenoxy) is 2. The Hall–Kier alpha value is -3.54. The molecular weight excluding hydrogens is 666 g/mol. The quantitative estimate of drug-likeness (QED) is 0.144. The molecule has 0 aliphatic carbocycles. The Kier molecular flexibility index (Phi) is 8.54. The maximum atomic E-state index is 13.4. The minimum atomic E-state index is -4.56. The van der Waals surface area contributed by atoms with Gasteiger partial charge in [0.1, 0.15) is 29.0 Å². The topological polar surface area (TPSA) is 87.3 Å². The van der Waals surface area contributed by atoms with E-state index in [1.54, 1.807) is 13.0 Å². The third-order valence-corrected chi connectivity index (χ3v) is 7.86. The van der Waals surface area contributed by atoms with Crippen LogP contribution in [0.5, 0.6) is 5.75 Å². The number of esters is 1. The molecule has 1 aliphatic heterocycles. The van der Waals surface area contributed by atoms with Gasteiger partial charge in [0, 0.05) is 5.39 Å². The predicted octanol–water partition coefficient (Wildman–Crippen LogP) is 8.12. The minimum absolute atomic E-state index is 0.00450. The molecule has 0 bridgehead atoms. The van der Waals surface area contributed by atoms with Gasteiger partial charge >= 0.3 is 17.8 Å². The van der Waals surface area contributed by atoms with Crippen molar-refractivity contribution in [1.29, 1.82) is 0 Å². The van der Waals surface area contributed by atoms with Crippen molar-refractivity contribution in [3.8, 4) is 5.75 Å². The first-order valence-corrected chi connectivity index (χ1v) is 13.9. The van der Waals surface area contributed by atoms with Crippen LogP contribution in [0.15, 0.2) is 79.5 Å². The fourth-order valence-corrected chi connectivity index (χ4v) is 5.39. The summed E-state index contributed by atoms with van der Waals surface area (Å²) in [7, 11) is 0. The highest BCUT2D eigenvalue weighted by atomic mass is 79.9. The number of fused-ring (bicyclic) bond motifs is 1. The van der Waals surface area contributed by atoms with Crippen LogP contribution in [0.3, 0.4) is 0 Å². The zero-order chi connectivity index (χ0) is 30.2. The summed E-state index contributed by atoms with van der Waals surface area (Å²) in [4.78, 5) is 31.7. The first kappa shape index (κ1) is 29.9. The summed E-state index contributed by atoms with van der Waals surface area (Å²) in [6, 6.07) is 14.9. The van der Waals surface area contributed by atoms with Crippen molar-refractivity contribution in [2.45, 2.75) is 25.8 Å². The third kappa shape index (κ3) is 5.73. The second-order valence-electron chi connectivity index (χ2n) is 9.08. The molecule has 2 atom stereocenters. The average molecular weight is 685 g/mol. The normalized spacial score (nSPS) is 16.7. The number of halogens is 6. The van der Waals surface area contributed by atoms with Crippen LogP contribution < -0.4 is 10.4 Å². The molecule has 2 unspecified atom stereocenters. The van der Waals surface area contributed by atoms with Crippen molar-refractivity contribution in [2.24, 2.45) is 11.1 Å². The van der Waals surface area contributed by atoms with E-state index in [4.69, 9.17) is 41.9 Å². The molecule has 0 saturated carbocycles. The molecule has 1 aliphatic rings. The lowest BCUT2D eigenvalue weighted by molar-refractivity contribution is -0.148. The van der Waals surface area contributed by atoms with Gasteiger partial charge in [0.05, 0.1) is 27.2 Å². The van der Waals surface area contributed by atoms with Gasteiger partial charge in [0.25, 0.3) is 0 Å². The summed E-state index contributed by atoms with van der Waals surface area (Å²) >= 11 is 16.0. The lowest BCUT2D eigenvalue weighted by Gasteiger charge is -2.21. The number of rotatable bonds is 7. The van der Waals surface area contributed by atoms with E-state index in [9.17, 15) is 22.8 Å². The summed E-state index contributed by atoms with van der Waals surface area (Å²) in [6.07, 6.45) is -5.73. The smallest absolute Gasteiger partial charge is 0.416 e. The molecule has 2 heterocycles. The molecule has 0 radical (unpaired) electrons. The first-order valence-electron chi connectivity index (χ1n) is 12.4. The molecule has 13 heteroatoms.